The normalized spacial score (nSPS) is 9.95. The summed E-state index contributed by atoms with van der Waals surface area (Å²) in [4.78, 5) is 32.9. The van der Waals surface area contributed by atoms with E-state index in [-0.39, 0.29) is 31.8 Å². The van der Waals surface area contributed by atoms with Crippen molar-refractivity contribution < 1.29 is 24.2 Å². The molecule has 2 N–H and O–H groups in total. The molecular formula is C10H14N4O5. The lowest BCUT2D eigenvalue weighted by atomic mass is 10.3. The maximum Gasteiger partial charge on any atom is 0.325 e. The monoisotopic (exact) mass is 270 g/mol. The molecule has 1 rings (SSSR count). The number of ether oxygens (including phenoxy) is 1. The Hall–Kier alpha value is -2.45. The lowest BCUT2D eigenvalue weighted by Gasteiger charge is -2.01. The van der Waals surface area contributed by atoms with Gasteiger partial charge in [0.1, 0.15) is 6.54 Å². The molecule has 0 aliphatic rings. The third kappa shape index (κ3) is 5.61. The van der Waals surface area contributed by atoms with E-state index in [1.54, 1.807) is 6.92 Å². The first-order chi connectivity index (χ1) is 9.01. The number of nitrogens with zero attached hydrogens (tertiary/aromatic N) is 3. The van der Waals surface area contributed by atoms with Crippen molar-refractivity contribution in [1.29, 1.82) is 0 Å². The molecule has 0 aliphatic heterocycles. The van der Waals surface area contributed by atoms with Gasteiger partial charge in [-0.2, -0.15) is 0 Å². The number of amides is 1. The van der Waals surface area contributed by atoms with Crippen LogP contribution in [0.3, 0.4) is 0 Å². The highest BCUT2D eigenvalue weighted by molar-refractivity contribution is 5.91. The molecule has 1 aromatic heterocycles. The average Bonchev–Trinajstić information content (AvgIpc) is 2.73. The van der Waals surface area contributed by atoms with Gasteiger partial charge in [0.15, 0.2) is 5.82 Å². The molecule has 0 bridgehead atoms. The van der Waals surface area contributed by atoms with Crippen LogP contribution < -0.4 is 5.32 Å². The molecule has 19 heavy (non-hydrogen) atoms. The predicted molar refractivity (Wildman–Crippen MR) is 62.2 cm³/mol. The number of carbonyl (C=O) groups is 3. The van der Waals surface area contributed by atoms with Crippen LogP contribution in [0.15, 0.2) is 6.20 Å². The Morgan fingerprint density at radius 3 is 2.79 bits per heavy atom. The van der Waals surface area contributed by atoms with E-state index in [0.717, 1.165) is 4.68 Å². The summed E-state index contributed by atoms with van der Waals surface area (Å²) in [5.74, 6) is -1.80. The summed E-state index contributed by atoms with van der Waals surface area (Å²) >= 11 is 0. The largest absolute Gasteiger partial charge is 0.480 e. The molecule has 0 atom stereocenters. The van der Waals surface area contributed by atoms with Crippen LogP contribution in [0.5, 0.6) is 0 Å². The number of aromatic nitrogens is 3. The molecule has 0 spiro atoms. The van der Waals surface area contributed by atoms with Crippen LogP contribution >= 0.6 is 0 Å². The van der Waals surface area contributed by atoms with E-state index in [0.29, 0.717) is 0 Å². The van der Waals surface area contributed by atoms with Crippen LogP contribution in [-0.4, -0.2) is 44.6 Å². The molecule has 1 amide bonds. The minimum Gasteiger partial charge on any atom is -0.480 e. The van der Waals surface area contributed by atoms with E-state index in [9.17, 15) is 14.4 Å². The van der Waals surface area contributed by atoms with Gasteiger partial charge in [-0.25, -0.2) is 4.68 Å². The standard InChI is InChI=1S/C10H14N4O5/c1-2-19-10(18)4-3-8(15)11-7-5-14(13-12-7)6-9(16)17/h5H,2-4,6H2,1H3,(H,11,15)(H,16,17). The van der Waals surface area contributed by atoms with Crippen molar-refractivity contribution in [2.24, 2.45) is 0 Å². The van der Waals surface area contributed by atoms with Gasteiger partial charge in [-0.3, -0.25) is 14.4 Å². The molecule has 0 aliphatic carbocycles. The first-order valence-electron chi connectivity index (χ1n) is 5.58. The maximum atomic E-state index is 11.4. The summed E-state index contributed by atoms with van der Waals surface area (Å²) in [5.41, 5.74) is 0. The minimum absolute atomic E-state index is 0.0249. The van der Waals surface area contributed by atoms with Crippen molar-refractivity contribution in [3.05, 3.63) is 6.20 Å². The SMILES string of the molecule is CCOC(=O)CCC(=O)Nc1cn(CC(=O)O)nn1. The van der Waals surface area contributed by atoms with Crippen LogP contribution in [0.4, 0.5) is 5.82 Å². The predicted octanol–water partition coefficient (Wildman–Crippen LogP) is -0.355. The zero-order chi connectivity index (χ0) is 14.3. The third-order valence-corrected chi connectivity index (χ3v) is 1.96. The van der Waals surface area contributed by atoms with Gasteiger partial charge in [0.25, 0.3) is 0 Å². The number of esters is 1. The van der Waals surface area contributed by atoms with E-state index in [1.807, 2.05) is 0 Å². The summed E-state index contributed by atoms with van der Waals surface area (Å²) in [6.07, 6.45) is 1.23. The lowest BCUT2D eigenvalue weighted by Crippen LogP contribution is -2.14. The van der Waals surface area contributed by atoms with Crippen molar-refractivity contribution in [1.82, 2.24) is 15.0 Å². The van der Waals surface area contributed by atoms with Crippen molar-refractivity contribution in [2.45, 2.75) is 26.3 Å². The molecule has 0 aromatic carbocycles. The summed E-state index contributed by atoms with van der Waals surface area (Å²) in [7, 11) is 0. The Bertz CT molecular complexity index is 470. The first-order valence-corrected chi connectivity index (χ1v) is 5.58. The number of carboxylic acid groups (broad SMARTS) is 1. The van der Waals surface area contributed by atoms with E-state index in [1.165, 1.54) is 6.20 Å². The number of anilines is 1. The first kappa shape index (κ1) is 14.6. The average molecular weight is 270 g/mol. The minimum atomic E-state index is -1.06. The van der Waals surface area contributed by atoms with Crippen LogP contribution in [0.25, 0.3) is 0 Å². The second-order valence-corrected chi connectivity index (χ2v) is 3.55. The molecule has 0 unspecified atom stereocenters. The van der Waals surface area contributed by atoms with Gasteiger partial charge in [0, 0.05) is 6.42 Å². The molecule has 0 radical (unpaired) electrons. The van der Waals surface area contributed by atoms with Gasteiger partial charge in [0.05, 0.1) is 19.2 Å². The Morgan fingerprint density at radius 2 is 2.16 bits per heavy atom. The van der Waals surface area contributed by atoms with Crippen molar-refractivity contribution in [3.8, 4) is 0 Å². The molecular weight excluding hydrogens is 256 g/mol. The number of aliphatic carboxylic acids is 1. The van der Waals surface area contributed by atoms with Gasteiger partial charge in [0.2, 0.25) is 5.91 Å². The summed E-state index contributed by atoms with van der Waals surface area (Å²) in [6, 6.07) is 0. The highest BCUT2D eigenvalue weighted by Crippen LogP contribution is 2.02. The molecule has 9 nitrogen and oxygen atoms in total. The van der Waals surface area contributed by atoms with Crippen molar-refractivity contribution >= 4 is 23.7 Å². The lowest BCUT2D eigenvalue weighted by molar-refractivity contribution is -0.144. The second kappa shape index (κ2) is 7.09. The fourth-order valence-electron chi connectivity index (χ4n) is 1.23. The highest BCUT2D eigenvalue weighted by atomic mass is 16.5. The van der Waals surface area contributed by atoms with Crippen LogP contribution in [0.1, 0.15) is 19.8 Å². The topological polar surface area (TPSA) is 123 Å². The van der Waals surface area contributed by atoms with Crippen LogP contribution in [0.2, 0.25) is 0 Å². The van der Waals surface area contributed by atoms with Gasteiger partial charge >= 0.3 is 11.9 Å². The fraction of sp³-hybridized carbons (Fsp3) is 0.500. The molecule has 9 heteroatoms. The smallest absolute Gasteiger partial charge is 0.325 e. The summed E-state index contributed by atoms with van der Waals surface area (Å²) in [6.45, 7) is 1.61. The molecule has 1 heterocycles. The quantitative estimate of drug-likeness (QED) is 0.648. The van der Waals surface area contributed by atoms with E-state index >= 15 is 0 Å². The summed E-state index contributed by atoms with van der Waals surface area (Å²) in [5, 5.41) is 18.0. The van der Waals surface area contributed by atoms with Crippen molar-refractivity contribution in [3.63, 3.8) is 0 Å². The van der Waals surface area contributed by atoms with Crippen molar-refractivity contribution in [2.75, 3.05) is 11.9 Å². The van der Waals surface area contributed by atoms with E-state index in [2.05, 4.69) is 20.4 Å². The van der Waals surface area contributed by atoms with E-state index < -0.39 is 17.8 Å². The molecule has 104 valence electrons. The molecule has 0 fully saturated rings. The van der Waals surface area contributed by atoms with E-state index in [4.69, 9.17) is 5.11 Å². The number of rotatable bonds is 7. The number of carboxylic acids is 1. The molecule has 0 saturated carbocycles. The highest BCUT2D eigenvalue weighted by Gasteiger charge is 2.10. The number of nitrogens with one attached hydrogen (secondary N) is 1. The number of carbonyl (C=O) groups excluding carboxylic acids is 2. The summed E-state index contributed by atoms with van der Waals surface area (Å²) < 4.78 is 5.75. The Labute approximate surface area is 108 Å². The van der Waals surface area contributed by atoms with Crippen LogP contribution in [-0.2, 0) is 25.7 Å². The van der Waals surface area contributed by atoms with Crippen LogP contribution in [0, 0.1) is 0 Å². The van der Waals surface area contributed by atoms with Gasteiger partial charge in [-0.1, -0.05) is 5.21 Å². The maximum absolute atomic E-state index is 11.4. The number of hydrogen-bond donors (Lipinski definition) is 2. The van der Waals surface area contributed by atoms with Gasteiger partial charge in [-0.05, 0) is 6.92 Å². The number of hydrogen-bond acceptors (Lipinski definition) is 6. The molecule has 0 saturated heterocycles. The Balaban J connectivity index is 2.38. The Kier molecular flexibility index (Phi) is 5.45. The van der Waals surface area contributed by atoms with Gasteiger partial charge in [-0.15, -0.1) is 5.10 Å². The van der Waals surface area contributed by atoms with Gasteiger partial charge < -0.3 is 15.2 Å². The zero-order valence-corrected chi connectivity index (χ0v) is 10.3. The Morgan fingerprint density at radius 1 is 1.42 bits per heavy atom. The zero-order valence-electron chi connectivity index (χ0n) is 10.3. The fourth-order valence-corrected chi connectivity index (χ4v) is 1.23. The third-order valence-electron chi connectivity index (χ3n) is 1.96. The second-order valence-electron chi connectivity index (χ2n) is 3.55. The molecule has 1 aromatic rings.